The van der Waals surface area contributed by atoms with Gasteiger partial charge >= 0.3 is 0 Å². The van der Waals surface area contributed by atoms with E-state index in [1.54, 1.807) is 6.92 Å². The van der Waals surface area contributed by atoms with Gasteiger partial charge in [0.1, 0.15) is 0 Å². The molecule has 1 unspecified atom stereocenters. The highest BCUT2D eigenvalue weighted by Crippen LogP contribution is 2.28. The Bertz CT molecular complexity index is 476. The molecule has 5 heteroatoms. The van der Waals surface area contributed by atoms with Gasteiger partial charge in [-0.3, -0.25) is 9.48 Å². The third kappa shape index (κ3) is 2.73. The number of nitrogens with zero attached hydrogens (tertiary/aromatic N) is 3. The van der Waals surface area contributed by atoms with Crippen LogP contribution in [0.4, 0.5) is 0 Å². The Labute approximate surface area is 120 Å². The molecule has 2 aliphatic rings. The largest absolute Gasteiger partial charge is 0.379 e. The molecule has 1 atom stereocenters. The summed E-state index contributed by atoms with van der Waals surface area (Å²) in [5, 5.41) is 4.67. The predicted molar refractivity (Wildman–Crippen MR) is 77.6 cm³/mol. The lowest BCUT2D eigenvalue weighted by molar-refractivity contribution is -0.129. The molecule has 20 heavy (non-hydrogen) atoms. The average molecular weight is 279 g/mol. The summed E-state index contributed by atoms with van der Waals surface area (Å²) >= 11 is 0. The summed E-state index contributed by atoms with van der Waals surface area (Å²) in [5.74, 6) is 0.150. The van der Waals surface area contributed by atoms with E-state index < -0.39 is 0 Å². The molecule has 0 radical (unpaired) electrons. The van der Waals surface area contributed by atoms with Crippen LogP contribution in [0.2, 0.25) is 0 Å². The highest BCUT2D eigenvalue weighted by atomic mass is 16.5. The van der Waals surface area contributed by atoms with Crippen molar-refractivity contribution in [2.75, 3.05) is 19.8 Å². The van der Waals surface area contributed by atoms with Crippen LogP contribution in [0, 0.1) is 6.92 Å². The van der Waals surface area contributed by atoms with Crippen molar-refractivity contribution in [3.63, 3.8) is 0 Å². The molecule has 112 valence electrons. The highest BCUT2D eigenvalue weighted by Gasteiger charge is 2.28. The minimum absolute atomic E-state index is 0.150. The number of carbonyl (C=O) groups excluding carboxylic acids is 1. The van der Waals surface area contributed by atoms with Gasteiger partial charge in [-0.25, -0.2) is 0 Å². The van der Waals surface area contributed by atoms with Crippen LogP contribution in [0.3, 0.4) is 0 Å². The van der Waals surface area contributed by atoms with E-state index in [2.05, 4.69) is 9.78 Å². The van der Waals surface area contributed by atoms with Crippen LogP contribution in [0.15, 0.2) is 0 Å². The minimum atomic E-state index is 0.150. The van der Waals surface area contributed by atoms with Crippen molar-refractivity contribution >= 4 is 5.91 Å². The molecule has 1 saturated heterocycles. The summed E-state index contributed by atoms with van der Waals surface area (Å²) in [6.07, 6.45) is 1.95. The number of ether oxygens (including phenoxy) is 1. The van der Waals surface area contributed by atoms with Gasteiger partial charge in [0.15, 0.2) is 0 Å². The minimum Gasteiger partial charge on any atom is -0.379 e. The van der Waals surface area contributed by atoms with E-state index >= 15 is 0 Å². The van der Waals surface area contributed by atoms with Crippen LogP contribution < -0.4 is 0 Å². The van der Waals surface area contributed by atoms with E-state index in [4.69, 9.17) is 4.74 Å². The van der Waals surface area contributed by atoms with E-state index in [1.165, 1.54) is 11.3 Å². The van der Waals surface area contributed by atoms with Gasteiger partial charge in [-0.05, 0) is 13.3 Å². The van der Waals surface area contributed by atoms with Gasteiger partial charge in [0.05, 0.1) is 18.3 Å². The number of hydrogen-bond donors (Lipinski definition) is 0. The molecule has 1 fully saturated rings. The Morgan fingerprint density at radius 3 is 2.75 bits per heavy atom. The monoisotopic (exact) mass is 279 g/mol. The second kappa shape index (κ2) is 6.39. The van der Waals surface area contributed by atoms with Crippen LogP contribution in [-0.2, 0) is 22.5 Å². The fourth-order valence-electron chi connectivity index (χ4n) is 2.90. The molecule has 0 aliphatic carbocycles. The van der Waals surface area contributed by atoms with Crippen LogP contribution in [0.25, 0.3) is 0 Å². The highest BCUT2D eigenvalue weighted by molar-refractivity contribution is 5.73. The van der Waals surface area contributed by atoms with Gasteiger partial charge in [-0.2, -0.15) is 5.10 Å². The predicted octanol–water partition coefficient (Wildman–Crippen LogP) is 2.08. The number of hydrogen-bond acceptors (Lipinski definition) is 3. The first-order valence-corrected chi connectivity index (χ1v) is 7.57. The zero-order chi connectivity index (χ0) is 14.7. The summed E-state index contributed by atoms with van der Waals surface area (Å²) in [7, 11) is 0. The van der Waals surface area contributed by atoms with Crippen molar-refractivity contribution in [2.45, 2.75) is 53.1 Å². The van der Waals surface area contributed by atoms with Crippen LogP contribution in [-0.4, -0.2) is 40.3 Å². The lowest BCUT2D eigenvalue weighted by atomic mass is 10.0. The molecule has 0 bridgehead atoms. The van der Waals surface area contributed by atoms with Crippen molar-refractivity contribution in [2.24, 2.45) is 0 Å². The number of amides is 1. The van der Waals surface area contributed by atoms with Crippen molar-refractivity contribution in [1.29, 1.82) is 0 Å². The maximum absolute atomic E-state index is 11.5. The van der Waals surface area contributed by atoms with E-state index in [9.17, 15) is 4.79 Å². The summed E-state index contributed by atoms with van der Waals surface area (Å²) in [6, 6.07) is 0.385. The smallest absolute Gasteiger partial charge is 0.219 e. The van der Waals surface area contributed by atoms with E-state index in [0.29, 0.717) is 12.6 Å². The molecule has 0 aromatic carbocycles. The van der Waals surface area contributed by atoms with Gasteiger partial charge in [0, 0.05) is 44.3 Å². The maximum atomic E-state index is 11.5. The number of fused-ring (bicyclic) bond motifs is 1. The van der Waals surface area contributed by atoms with Gasteiger partial charge in [-0.1, -0.05) is 13.8 Å². The molecule has 3 rings (SSSR count). The SMILES string of the molecule is CC.CC(=O)N1CCc2c(c(C)nn2C2CCOC2)C1. The molecule has 1 aromatic rings. The Balaban J connectivity index is 0.000000704. The maximum Gasteiger partial charge on any atom is 0.219 e. The Morgan fingerprint density at radius 1 is 1.40 bits per heavy atom. The Kier molecular flexibility index (Phi) is 4.81. The fourth-order valence-corrected chi connectivity index (χ4v) is 2.90. The zero-order valence-electron chi connectivity index (χ0n) is 13.0. The topological polar surface area (TPSA) is 47.4 Å². The molecule has 3 heterocycles. The average Bonchev–Trinajstić information content (AvgIpc) is 3.09. The normalized spacial score (nSPS) is 21.2. The standard InChI is InChI=1S/C13H19N3O2.C2H6/c1-9-12-7-15(10(2)17)5-3-13(12)16(14-9)11-4-6-18-8-11;1-2/h11H,3-8H2,1-2H3;1-2H3. The quantitative estimate of drug-likeness (QED) is 0.791. The third-order valence-electron chi connectivity index (χ3n) is 3.98. The van der Waals surface area contributed by atoms with Gasteiger partial charge in [0.2, 0.25) is 5.91 Å². The van der Waals surface area contributed by atoms with Gasteiger partial charge in [0.25, 0.3) is 0 Å². The Morgan fingerprint density at radius 2 is 2.15 bits per heavy atom. The molecule has 1 amide bonds. The molecular formula is C15H25N3O2. The summed E-state index contributed by atoms with van der Waals surface area (Å²) in [5.41, 5.74) is 3.60. The molecule has 5 nitrogen and oxygen atoms in total. The van der Waals surface area contributed by atoms with Crippen molar-refractivity contribution in [1.82, 2.24) is 14.7 Å². The van der Waals surface area contributed by atoms with Crippen molar-refractivity contribution in [3.8, 4) is 0 Å². The molecule has 1 aromatic heterocycles. The molecule has 2 aliphatic heterocycles. The number of carbonyl (C=O) groups is 1. The molecule has 0 saturated carbocycles. The van der Waals surface area contributed by atoms with E-state index in [0.717, 1.165) is 38.3 Å². The fraction of sp³-hybridized carbons (Fsp3) is 0.733. The van der Waals surface area contributed by atoms with Gasteiger partial charge in [-0.15, -0.1) is 0 Å². The third-order valence-corrected chi connectivity index (χ3v) is 3.98. The Hall–Kier alpha value is -1.36. The first-order chi connectivity index (χ1) is 9.66. The number of rotatable bonds is 1. The second-order valence-corrected chi connectivity index (χ2v) is 5.16. The van der Waals surface area contributed by atoms with Crippen LogP contribution in [0.5, 0.6) is 0 Å². The van der Waals surface area contributed by atoms with Gasteiger partial charge < -0.3 is 9.64 Å². The summed E-state index contributed by atoms with van der Waals surface area (Å²) in [6.45, 7) is 10.8. The second-order valence-electron chi connectivity index (χ2n) is 5.16. The molecular weight excluding hydrogens is 254 g/mol. The molecule has 0 spiro atoms. The summed E-state index contributed by atoms with van der Waals surface area (Å²) in [4.78, 5) is 13.4. The first-order valence-electron chi connectivity index (χ1n) is 7.57. The summed E-state index contributed by atoms with van der Waals surface area (Å²) < 4.78 is 7.59. The molecule has 0 N–H and O–H groups in total. The van der Waals surface area contributed by atoms with Crippen LogP contribution in [0.1, 0.15) is 50.2 Å². The van der Waals surface area contributed by atoms with E-state index in [-0.39, 0.29) is 5.91 Å². The number of aromatic nitrogens is 2. The van der Waals surface area contributed by atoms with E-state index in [1.807, 2.05) is 25.7 Å². The lowest BCUT2D eigenvalue weighted by Crippen LogP contribution is -2.35. The van der Waals surface area contributed by atoms with Crippen molar-refractivity contribution in [3.05, 3.63) is 17.0 Å². The number of aryl methyl sites for hydroxylation is 1. The lowest BCUT2D eigenvalue weighted by Gasteiger charge is -2.27. The van der Waals surface area contributed by atoms with Crippen molar-refractivity contribution < 1.29 is 9.53 Å². The zero-order valence-corrected chi connectivity index (χ0v) is 13.0. The van der Waals surface area contributed by atoms with Crippen LogP contribution >= 0.6 is 0 Å². The first kappa shape index (κ1) is 15.0.